The van der Waals surface area contributed by atoms with Crippen LogP contribution in [0.4, 0.5) is 0 Å². The van der Waals surface area contributed by atoms with Gasteiger partial charge in [0.1, 0.15) is 0 Å². The summed E-state index contributed by atoms with van der Waals surface area (Å²) in [4.78, 5) is 27.3. The Kier molecular flexibility index (Phi) is 5.74. The first-order valence-corrected chi connectivity index (χ1v) is 9.26. The first-order chi connectivity index (χ1) is 12.2. The van der Waals surface area contributed by atoms with Crippen LogP contribution in [0.25, 0.3) is 0 Å². The number of ether oxygens (including phenoxy) is 2. The van der Waals surface area contributed by atoms with Crippen LogP contribution < -0.4 is 0 Å². The van der Waals surface area contributed by atoms with E-state index in [1.54, 1.807) is 0 Å². The zero-order valence-electron chi connectivity index (χ0n) is 14.9. The lowest BCUT2D eigenvalue weighted by Crippen LogP contribution is -2.52. The molecule has 2 saturated heterocycles. The van der Waals surface area contributed by atoms with Crippen molar-refractivity contribution in [2.45, 2.75) is 38.0 Å². The lowest BCUT2D eigenvalue weighted by atomic mass is 9.72. The van der Waals surface area contributed by atoms with Crippen LogP contribution in [0.1, 0.15) is 38.2 Å². The molecule has 0 radical (unpaired) electrons. The molecule has 2 aliphatic heterocycles. The van der Waals surface area contributed by atoms with E-state index in [-0.39, 0.29) is 17.8 Å². The van der Waals surface area contributed by atoms with Crippen LogP contribution in [0.2, 0.25) is 0 Å². The number of rotatable bonds is 4. The molecule has 0 spiro atoms. The molecule has 0 bridgehead atoms. The summed E-state index contributed by atoms with van der Waals surface area (Å²) in [6, 6.07) is 10.1. The van der Waals surface area contributed by atoms with Gasteiger partial charge < -0.3 is 14.4 Å². The third-order valence-electron chi connectivity index (χ3n) is 5.48. The molecule has 1 aromatic rings. The average molecular weight is 345 g/mol. The Morgan fingerprint density at radius 1 is 1.16 bits per heavy atom. The molecule has 5 heteroatoms. The minimum absolute atomic E-state index is 0.0774. The molecule has 3 rings (SSSR count). The highest BCUT2D eigenvalue weighted by Crippen LogP contribution is 2.37. The van der Waals surface area contributed by atoms with Gasteiger partial charge in [-0.15, -0.1) is 0 Å². The lowest BCUT2D eigenvalue weighted by Gasteiger charge is -2.42. The van der Waals surface area contributed by atoms with Gasteiger partial charge in [0.15, 0.2) is 0 Å². The van der Waals surface area contributed by atoms with E-state index in [4.69, 9.17) is 9.47 Å². The highest BCUT2D eigenvalue weighted by molar-refractivity contribution is 5.88. The van der Waals surface area contributed by atoms with Gasteiger partial charge in [-0.1, -0.05) is 30.3 Å². The molecule has 2 heterocycles. The van der Waals surface area contributed by atoms with Gasteiger partial charge >= 0.3 is 5.97 Å². The lowest BCUT2D eigenvalue weighted by molar-refractivity contribution is -0.153. The van der Waals surface area contributed by atoms with E-state index in [0.717, 1.165) is 5.56 Å². The minimum atomic E-state index is -0.490. The number of likely N-dealkylation sites (tertiary alicyclic amines) is 1. The average Bonchev–Trinajstić information content (AvgIpc) is 2.69. The number of carbonyl (C=O) groups is 2. The van der Waals surface area contributed by atoms with Crippen molar-refractivity contribution in [3.05, 3.63) is 35.9 Å². The van der Waals surface area contributed by atoms with E-state index < -0.39 is 5.41 Å². The molecular formula is C20H27NO4. The van der Waals surface area contributed by atoms with Crippen LogP contribution >= 0.6 is 0 Å². The van der Waals surface area contributed by atoms with E-state index in [1.165, 1.54) is 0 Å². The number of carbonyl (C=O) groups excluding carboxylic acids is 2. The molecule has 2 fully saturated rings. The number of hydrogen-bond acceptors (Lipinski definition) is 4. The number of amides is 1. The maximum Gasteiger partial charge on any atom is 0.309 e. The molecular weight excluding hydrogens is 318 g/mol. The maximum atomic E-state index is 13.4. The number of esters is 1. The Labute approximate surface area is 149 Å². The summed E-state index contributed by atoms with van der Waals surface area (Å²) in [6.07, 6.45) is 2.80. The van der Waals surface area contributed by atoms with Gasteiger partial charge in [0.2, 0.25) is 5.91 Å². The van der Waals surface area contributed by atoms with Crippen molar-refractivity contribution >= 4 is 11.9 Å². The molecule has 1 amide bonds. The first kappa shape index (κ1) is 17.9. The third-order valence-corrected chi connectivity index (χ3v) is 5.48. The second-order valence-electron chi connectivity index (χ2n) is 6.88. The monoisotopic (exact) mass is 345 g/mol. The number of piperidine rings is 1. The van der Waals surface area contributed by atoms with Gasteiger partial charge in [-0.25, -0.2) is 0 Å². The number of benzene rings is 1. The second kappa shape index (κ2) is 8.00. The van der Waals surface area contributed by atoms with Gasteiger partial charge in [-0.05, 0) is 38.2 Å². The second-order valence-corrected chi connectivity index (χ2v) is 6.88. The van der Waals surface area contributed by atoms with Crippen LogP contribution in [-0.4, -0.2) is 49.7 Å². The quantitative estimate of drug-likeness (QED) is 0.787. The highest BCUT2D eigenvalue weighted by atomic mass is 16.5. The summed E-state index contributed by atoms with van der Waals surface area (Å²) >= 11 is 0. The Bertz CT molecular complexity index is 587. The summed E-state index contributed by atoms with van der Waals surface area (Å²) in [5.74, 6) is -0.0193. The fraction of sp³-hybridized carbons (Fsp3) is 0.600. The maximum absolute atomic E-state index is 13.4. The summed E-state index contributed by atoms with van der Waals surface area (Å²) in [6.45, 7) is 4.70. The van der Waals surface area contributed by atoms with E-state index in [1.807, 2.05) is 30.0 Å². The standard InChI is InChI=1S/C20H27NO4/c1-2-25-18(22)16-8-12-21(13-9-16)19(23)20(10-14-24-15-11-20)17-6-4-3-5-7-17/h3-7,16H,2,8-15H2,1H3. The van der Waals surface area contributed by atoms with Gasteiger partial charge in [0.25, 0.3) is 0 Å². The van der Waals surface area contributed by atoms with Crippen LogP contribution in [0.3, 0.4) is 0 Å². The van der Waals surface area contributed by atoms with Crippen LogP contribution in [0, 0.1) is 5.92 Å². The summed E-state index contributed by atoms with van der Waals surface area (Å²) in [7, 11) is 0. The summed E-state index contributed by atoms with van der Waals surface area (Å²) in [5.41, 5.74) is 0.590. The molecule has 25 heavy (non-hydrogen) atoms. The SMILES string of the molecule is CCOC(=O)C1CCN(C(=O)C2(c3ccccc3)CCOCC2)CC1. The molecule has 0 atom stereocenters. The van der Waals surface area contributed by atoms with Crippen LogP contribution in [0.5, 0.6) is 0 Å². The summed E-state index contributed by atoms with van der Waals surface area (Å²) < 4.78 is 10.7. The normalized spacial score (nSPS) is 20.9. The van der Waals surface area contributed by atoms with E-state index in [2.05, 4.69) is 12.1 Å². The predicted molar refractivity (Wildman–Crippen MR) is 94.1 cm³/mol. The predicted octanol–water partition coefficient (Wildman–Crippen LogP) is 2.54. The van der Waals surface area contributed by atoms with Crippen LogP contribution in [-0.2, 0) is 24.5 Å². The Morgan fingerprint density at radius 3 is 2.40 bits per heavy atom. The molecule has 0 aliphatic carbocycles. The van der Waals surface area contributed by atoms with Crippen molar-refractivity contribution in [1.82, 2.24) is 4.90 Å². The Hall–Kier alpha value is -1.88. The van der Waals surface area contributed by atoms with Gasteiger partial charge in [-0.2, -0.15) is 0 Å². The molecule has 0 unspecified atom stereocenters. The van der Waals surface area contributed by atoms with E-state index >= 15 is 0 Å². The Morgan fingerprint density at radius 2 is 1.80 bits per heavy atom. The zero-order chi connectivity index (χ0) is 17.7. The fourth-order valence-corrected chi connectivity index (χ4v) is 3.98. The van der Waals surface area contributed by atoms with Crippen molar-refractivity contribution in [3.8, 4) is 0 Å². The number of hydrogen-bond donors (Lipinski definition) is 0. The minimum Gasteiger partial charge on any atom is -0.466 e. The Balaban J connectivity index is 1.73. The number of nitrogens with zero attached hydrogens (tertiary/aromatic N) is 1. The van der Waals surface area contributed by atoms with Gasteiger partial charge in [0, 0.05) is 26.3 Å². The zero-order valence-corrected chi connectivity index (χ0v) is 14.9. The third kappa shape index (κ3) is 3.71. The largest absolute Gasteiger partial charge is 0.466 e. The van der Waals surface area contributed by atoms with Crippen molar-refractivity contribution in [2.75, 3.05) is 32.9 Å². The van der Waals surface area contributed by atoms with Crippen molar-refractivity contribution in [2.24, 2.45) is 5.92 Å². The molecule has 136 valence electrons. The first-order valence-electron chi connectivity index (χ1n) is 9.26. The molecule has 1 aromatic carbocycles. The molecule has 5 nitrogen and oxygen atoms in total. The van der Waals surface area contributed by atoms with Crippen molar-refractivity contribution in [3.63, 3.8) is 0 Å². The summed E-state index contributed by atoms with van der Waals surface area (Å²) in [5, 5.41) is 0. The smallest absolute Gasteiger partial charge is 0.309 e. The van der Waals surface area contributed by atoms with Crippen molar-refractivity contribution < 1.29 is 19.1 Å². The molecule has 0 saturated carbocycles. The van der Waals surface area contributed by atoms with Crippen molar-refractivity contribution in [1.29, 1.82) is 0 Å². The van der Waals surface area contributed by atoms with Crippen LogP contribution in [0.15, 0.2) is 30.3 Å². The van der Waals surface area contributed by atoms with E-state index in [9.17, 15) is 9.59 Å². The van der Waals surface area contributed by atoms with Gasteiger partial charge in [0.05, 0.1) is 17.9 Å². The van der Waals surface area contributed by atoms with E-state index in [0.29, 0.717) is 58.6 Å². The highest BCUT2D eigenvalue weighted by Gasteiger charge is 2.44. The van der Waals surface area contributed by atoms with Gasteiger partial charge in [-0.3, -0.25) is 9.59 Å². The fourth-order valence-electron chi connectivity index (χ4n) is 3.98. The molecule has 0 aromatic heterocycles. The topological polar surface area (TPSA) is 55.8 Å². The molecule has 2 aliphatic rings. The molecule has 0 N–H and O–H groups in total.